The minimum atomic E-state index is -0.291. The van der Waals surface area contributed by atoms with Gasteiger partial charge in [-0.1, -0.05) is 30.3 Å². The molecule has 0 radical (unpaired) electrons. The monoisotopic (exact) mass is 443 g/mol. The lowest BCUT2D eigenvalue weighted by molar-refractivity contribution is -0.122. The van der Waals surface area contributed by atoms with Crippen molar-refractivity contribution in [2.75, 3.05) is 24.1 Å². The number of carboxylic acid groups (broad SMARTS) is 1. The van der Waals surface area contributed by atoms with Gasteiger partial charge in [-0.2, -0.15) is 0 Å². The summed E-state index contributed by atoms with van der Waals surface area (Å²) in [6.07, 6.45) is 4.56. The molecule has 8 heteroatoms. The Morgan fingerprint density at radius 1 is 1.22 bits per heavy atom. The first-order valence-corrected chi connectivity index (χ1v) is 10.4. The standard InChI is InChI=1S/C23H32FN5.CH2O2/c1-18(15-19(2)28-23-16-21(24)9-10-22(23)25)27-12-14-29(13-11-26-3)17-20-7-5-4-6-8-20;2-1-3/h4-11,13,16,18-19,27-28H,3,12,14-15,17,25H2,1-2H3;1H,(H,2,3)/b13-11-;. The number of hydrogen-bond donors (Lipinski definition) is 4. The van der Waals surface area contributed by atoms with Crippen molar-refractivity contribution < 1.29 is 14.3 Å². The van der Waals surface area contributed by atoms with Crippen LogP contribution in [0.15, 0.2) is 65.9 Å². The van der Waals surface area contributed by atoms with Gasteiger partial charge in [0.15, 0.2) is 0 Å². The highest BCUT2D eigenvalue weighted by molar-refractivity contribution is 5.66. The van der Waals surface area contributed by atoms with Crippen molar-refractivity contribution in [3.8, 4) is 0 Å². The van der Waals surface area contributed by atoms with E-state index in [0.29, 0.717) is 17.4 Å². The van der Waals surface area contributed by atoms with E-state index < -0.39 is 0 Å². The highest BCUT2D eigenvalue weighted by atomic mass is 19.1. The predicted octanol–water partition coefficient (Wildman–Crippen LogP) is 3.95. The Balaban J connectivity index is 0.00000161. The van der Waals surface area contributed by atoms with Gasteiger partial charge in [0, 0.05) is 44.1 Å². The van der Waals surface area contributed by atoms with Crippen LogP contribution in [0.4, 0.5) is 15.8 Å². The van der Waals surface area contributed by atoms with E-state index in [4.69, 9.17) is 15.6 Å². The van der Waals surface area contributed by atoms with Crippen LogP contribution < -0.4 is 16.4 Å². The maximum absolute atomic E-state index is 13.4. The summed E-state index contributed by atoms with van der Waals surface area (Å²) in [5.41, 5.74) is 8.36. The van der Waals surface area contributed by atoms with E-state index in [1.807, 2.05) is 24.4 Å². The van der Waals surface area contributed by atoms with Crippen LogP contribution in [0.1, 0.15) is 25.8 Å². The summed E-state index contributed by atoms with van der Waals surface area (Å²) in [4.78, 5) is 14.4. The van der Waals surface area contributed by atoms with Crippen LogP contribution in [0, 0.1) is 5.82 Å². The number of nitrogens with one attached hydrogen (secondary N) is 2. The number of benzene rings is 2. The van der Waals surface area contributed by atoms with Gasteiger partial charge >= 0.3 is 0 Å². The summed E-state index contributed by atoms with van der Waals surface area (Å²) >= 11 is 0. The number of nitrogen functional groups attached to an aromatic ring is 1. The third kappa shape index (κ3) is 11.1. The van der Waals surface area contributed by atoms with Crippen LogP contribution in [0.2, 0.25) is 0 Å². The van der Waals surface area contributed by atoms with Crippen LogP contribution >= 0.6 is 0 Å². The molecular formula is C24H34FN5O2. The van der Waals surface area contributed by atoms with Gasteiger partial charge in [0.2, 0.25) is 0 Å². The first kappa shape index (κ1) is 26.6. The molecule has 2 aromatic carbocycles. The van der Waals surface area contributed by atoms with Gasteiger partial charge in [0.05, 0.1) is 11.4 Å². The van der Waals surface area contributed by atoms with Crippen LogP contribution in [0.5, 0.6) is 0 Å². The molecule has 0 amide bonds. The molecule has 5 N–H and O–H groups in total. The Morgan fingerprint density at radius 2 is 1.91 bits per heavy atom. The van der Waals surface area contributed by atoms with Gasteiger partial charge in [0.25, 0.3) is 6.47 Å². The summed E-state index contributed by atoms with van der Waals surface area (Å²) in [6.45, 7) is 9.99. The molecule has 0 saturated carbocycles. The predicted molar refractivity (Wildman–Crippen MR) is 130 cm³/mol. The molecule has 0 aliphatic heterocycles. The number of anilines is 2. The summed E-state index contributed by atoms with van der Waals surface area (Å²) in [5.74, 6) is -0.291. The molecule has 0 fully saturated rings. The van der Waals surface area contributed by atoms with Gasteiger partial charge in [-0.15, -0.1) is 0 Å². The Labute approximate surface area is 189 Å². The van der Waals surface area contributed by atoms with Crippen LogP contribution in [0.25, 0.3) is 0 Å². The Hall–Kier alpha value is -3.39. The quantitative estimate of drug-likeness (QED) is 0.225. The number of hydrogen-bond acceptors (Lipinski definition) is 6. The van der Waals surface area contributed by atoms with Crippen molar-refractivity contribution in [3.05, 3.63) is 72.3 Å². The second kappa shape index (κ2) is 15.4. The second-order valence-corrected chi connectivity index (χ2v) is 7.41. The summed E-state index contributed by atoms with van der Waals surface area (Å²) < 4.78 is 13.4. The molecule has 0 spiro atoms. The van der Waals surface area contributed by atoms with Crippen molar-refractivity contribution in [3.63, 3.8) is 0 Å². The van der Waals surface area contributed by atoms with E-state index in [9.17, 15) is 4.39 Å². The molecule has 2 unspecified atom stereocenters. The van der Waals surface area contributed by atoms with E-state index in [1.165, 1.54) is 17.7 Å². The lowest BCUT2D eigenvalue weighted by atomic mass is 10.1. The number of carbonyl (C=O) groups is 1. The lowest BCUT2D eigenvalue weighted by Crippen LogP contribution is -2.36. The Bertz CT molecular complexity index is 832. The van der Waals surface area contributed by atoms with Crippen LogP contribution in [-0.2, 0) is 11.3 Å². The van der Waals surface area contributed by atoms with Gasteiger partial charge in [0.1, 0.15) is 5.82 Å². The first-order valence-electron chi connectivity index (χ1n) is 10.4. The third-order valence-corrected chi connectivity index (χ3v) is 4.63. The molecule has 0 bridgehead atoms. The zero-order valence-corrected chi connectivity index (χ0v) is 18.7. The summed E-state index contributed by atoms with van der Waals surface area (Å²) in [6, 6.07) is 15.2. The number of halogens is 1. The molecule has 2 atom stereocenters. The van der Waals surface area contributed by atoms with Crippen LogP contribution in [0.3, 0.4) is 0 Å². The Morgan fingerprint density at radius 3 is 2.56 bits per heavy atom. The second-order valence-electron chi connectivity index (χ2n) is 7.41. The summed E-state index contributed by atoms with van der Waals surface area (Å²) in [5, 5.41) is 13.7. The van der Waals surface area contributed by atoms with Crippen LogP contribution in [-0.4, -0.2) is 48.4 Å². The maximum Gasteiger partial charge on any atom is 0.290 e. The first-order chi connectivity index (χ1) is 15.4. The lowest BCUT2D eigenvalue weighted by Gasteiger charge is -2.24. The van der Waals surface area contributed by atoms with Gasteiger partial charge < -0.3 is 26.4 Å². The fourth-order valence-electron chi connectivity index (χ4n) is 3.21. The molecule has 0 aliphatic carbocycles. The zero-order chi connectivity index (χ0) is 23.8. The minimum absolute atomic E-state index is 0.159. The molecule has 2 aromatic rings. The number of aliphatic imine (C=N–C) groups is 1. The number of nitrogens with zero attached hydrogens (tertiary/aromatic N) is 2. The highest BCUT2D eigenvalue weighted by Gasteiger charge is 2.11. The normalized spacial score (nSPS) is 12.3. The number of nitrogens with two attached hydrogens (primary N) is 1. The van der Waals surface area contributed by atoms with Crippen molar-refractivity contribution in [1.29, 1.82) is 0 Å². The van der Waals surface area contributed by atoms with Crippen molar-refractivity contribution in [1.82, 2.24) is 10.2 Å². The van der Waals surface area contributed by atoms with Crippen molar-refractivity contribution in [2.45, 2.75) is 38.9 Å². The summed E-state index contributed by atoms with van der Waals surface area (Å²) in [7, 11) is 0. The molecule has 0 saturated heterocycles. The Kier molecular flexibility index (Phi) is 12.8. The zero-order valence-electron chi connectivity index (χ0n) is 18.7. The van der Waals surface area contributed by atoms with Gasteiger partial charge in [-0.05, 0) is 50.7 Å². The highest BCUT2D eigenvalue weighted by Crippen LogP contribution is 2.21. The fraction of sp³-hybridized carbons (Fsp3) is 0.333. The topological polar surface area (TPSA) is 103 Å². The van der Waals surface area contributed by atoms with Gasteiger partial charge in [-0.25, -0.2) is 4.39 Å². The molecule has 0 aliphatic rings. The van der Waals surface area contributed by atoms with E-state index in [2.05, 4.69) is 53.2 Å². The molecule has 174 valence electrons. The average Bonchev–Trinajstić information content (AvgIpc) is 2.75. The number of rotatable bonds is 12. The molecular weight excluding hydrogens is 409 g/mol. The minimum Gasteiger partial charge on any atom is -0.483 e. The third-order valence-electron chi connectivity index (χ3n) is 4.63. The fourth-order valence-corrected chi connectivity index (χ4v) is 3.21. The molecule has 0 aromatic heterocycles. The van der Waals surface area contributed by atoms with E-state index in [0.717, 1.165) is 26.1 Å². The van der Waals surface area contributed by atoms with E-state index >= 15 is 0 Å². The largest absolute Gasteiger partial charge is 0.483 e. The smallest absolute Gasteiger partial charge is 0.290 e. The molecule has 0 heterocycles. The maximum atomic E-state index is 13.4. The molecule has 32 heavy (non-hydrogen) atoms. The average molecular weight is 444 g/mol. The van der Waals surface area contributed by atoms with E-state index in [1.54, 1.807) is 12.3 Å². The molecule has 2 rings (SSSR count). The van der Waals surface area contributed by atoms with Crippen molar-refractivity contribution in [2.24, 2.45) is 4.99 Å². The SMILES string of the molecule is C=N/C=C\N(CCNC(C)CC(C)Nc1cc(F)ccc1N)Cc1ccccc1.O=CO. The van der Waals surface area contributed by atoms with Gasteiger partial charge in [-0.3, -0.25) is 9.79 Å². The van der Waals surface area contributed by atoms with Crippen molar-refractivity contribution >= 4 is 24.6 Å². The van der Waals surface area contributed by atoms with E-state index in [-0.39, 0.29) is 18.3 Å². The molecule has 7 nitrogen and oxygen atoms in total.